The summed E-state index contributed by atoms with van der Waals surface area (Å²) in [6.45, 7) is 0. The van der Waals surface area contributed by atoms with Crippen LogP contribution in [-0.4, -0.2) is 15.4 Å². The van der Waals surface area contributed by atoms with Gasteiger partial charge in [-0.3, -0.25) is 4.79 Å². The van der Waals surface area contributed by atoms with Gasteiger partial charge in [-0.2, -0.15) is 5.10 Å². The molecule has 0 atom stereocenters. The fourth-order valence-electron chi connectivity index (χ4n) is 4.03. The van der Waals surface area contributed by atoms with E-state index in [0.717, 1.165) is 44.0 Å². The number of hydrogen-bond acceptors (Lipinski definition) is 2. The number of nitrogens with zero attached hydrogens (tertiary/aromatic N) is 2. The molecule has 0 unspecified atom stereocenters. The van der Waals surface area contributed by atoms with Crippen molar-refractivity contribution in [1.29, 1.82) is 0 Å². The van der Waals surface area contributed by atoms with Gasteiger partial charge in [-0.1, -0.05) is 60.7 Å². The monoisotopic (exact) mass is 320 g/mol. The Morgan fingerprint density at radius 1 is 0.680 bits per heavy atom. The molecule has 0 spiro atoms. The summed E-state index contributed by atoms with van der Waals surface area (Å²) in [5.74, 6) is 0.0598. The highest BCUT2D eigenvalue weighted by Gasteiger charge is 2.30. The van der Waals surface area contributed by atoms with Crippen molar-refractivity contribution in [2.45, 2.75) is 0 Å². The number of hydrogen-bond donors (Lipinski definition) is 0. The smallest absolute Gasteiger partial charge is 0.198 e. The molecule has 0 bridgehead atoms. The van der Waals surface area contributed by atoms with Gasteiger partial charge in [-0.25, -0.2) is 4.52 Å². The van der Waals surface area contributed by atoms with E-state index in [1.165, 1.54) is 0 Å². The van der Waals surface area contributed by atoms with Gasteiger partial charge in [0, 0.05) is 21.9 Å². The molecule has 0 radical (unpaired) electrons. The largest absolute Gasteiger partial charge is 0.288 e. The lowest BCUT2D eigenvalue weighted by molar-refractivity contribution is 0.104. The molecule has 0 N–H and O–H groups in total. The van der Waals surface area contributed by atoms with Crippen LogP contribution in [0, 0.1) is 0 Å². The normalized spacial score (nSPS) is 12.9. The molecule has 25 heavy (non-hydrogen) atoms. The van der Waals surface area contributed by atoms with Crippen LogP contribution < -0.4 is 0 Å². The van der Waals surface area contributed by atoms with Gasteiger partial charge in [-0.15, -0.1) is 0 Å². The first-order valence-electron chi connectivity index (χ1n) is 8.30. The quantitative estimate of drug-likeness (QED) is 0.401. The predicted molar refractivity (Wildman–Crippen MR) is 99.1 cm³/mol. The minimum atomic E-state index is 0.0598. The van der Waals surface area contributed by atoms with Crippen molar-refractivity contribution in [3.05, 3.63) is 83.9 Å². The maximum Gasteiger partial charge on any atom is 0.198 e. The van der Waals surface area contributed by atoms with Crippen LogP contribution in [0.2, 0.25) is 0 Å². The second kappa shape index (κ2) is 4.33. The minimum absolute atomic E-state index is 0.0598. The van der Waals surface area contributed by atoms with Crippen molar-refractivity contribution < 1.29 is 4.79 Å². The zero-order chi connectivity index (χ0) is 16.5. The van der Waals surface area contributed by atoms with Crippen molar-refractivity contribution in [2.24, 2.45) is 0 Å². The SMILES string of the molecule is O=C1c2cccc3cccc(c23)-c2nn3c(ccc4ccccc43)c21. The number of rotatable bonds is 0. The zero-order valence-corrected chi connectivity index (χ0v) is 13.2. The maximum absolute atomic E-state index is 13.3. The molecule has 2 aromatic heterocycles. The third kappa shape index (κ3) is 1.50. The molecule has 1 aliphatic rings. The Morgan fingerprint density at radius 3 is 2.32 bits per heavy atom. The first kappa shape index (κ1) is 12.9. The number of carbonyl (C=O) groups excluding carboxylic acids is 1. The summed E-state index contributed by atoms with van der Waals surface area (Å²) in [5, 5.41) is 8.05. The molecule has 0 fully saturated rings. The Balaban J connectivity index is 1.85. The van der Waals surface area contributed by atoms with Crippen molar-refractivity contribution in [2.75, 3.05) is 0 Å². The Hall–Kier alpha value is -3.46. The van der Waals surface area contributed by atoms with Crippen LogP contribution in [0.3, 0.4) is 0 Å². The van der Waals surface area contributed by atoms with Crippen molar-refractivity contribution >= 4 is 33.0 Å². The molecule has 3 aromatic carbocycles. The summed E-state index contributed by atoms with van der Waals surface area (Å²) in [6, 6.07) is 24.2. The number of aromatic nitrogens is 2. The predicted octanol–water partition coefficient (Wildman–Crippen LogP) is 4.85. The van der Waals surface area contributed by atoms with Gasteiger partial charge >= 0.3 is 0 Å². The number of para-hydroxylation sites is 1. The fourth-order valence-corrected chi connectivity index (χ4v) is 4.03. The van der Waals surface area contributed by atoms with Crippen molar-refractivity contribution in [1.82, 2.24) is 9.61 Å². The van der Waals surface area contributed by atoms with E-state index in [0.29, 0.717) is 5.56 Å². The number of ketones is 1. The van der Waals surface area contributed by atoms with E-state index in [1.807, 2.05) is 59.1 Å². The topological polar surface area (TPSA) is 34.4 Å². The molecule has 0 amide bonds. The molecule has 2 heterocycles. The summed E-state index contributed by atoms with van der Waals surface area (Å²) >= 11 is 0. The number of fused-ring (bicyclic) bond motifs is 6. The molecule has 0 saturated heterocycles. The first-order chi connectivity index (χ1) is 12.3. The first-order valence-corrected chi connectivity index (χ1v) is 8.30. The molecule has 3 nitrogen and oxygen atoms in total. The van der Waals surface area contributed by atoms with Gasteiger partial charge in [0.15, 0.2) is 5.78 Å². The van der Waals surface area contributed by atoms with Crippen LogP contribution in [0.5, 0.6) is 0 Å². The molecular formula is C22H12N2O. The van der Waals surface area contributed by atoms with Crippen LogP contribution in [0.1, 0.15) is 15.9 Å². The number of carbonyl (C=O) groups is 1. The van der Waals surface area contributed by atoms with E-state index < -0.39 is 0 Å². The summed E-state index contributed by atoms with van der Waals surface area (Å²) in [5.41, 5.74) is 5.17. The molecule has 1 aliphatic carbocycles. The number of benzene rings is 3. The summed E-state index contributed by atoms with van der Waals surface area (Å²) in [7, 11) is 0. The summed E-state index contributed by atoms with van der Waals surface area (Å²) < 4.78 is 1.91. The van der Waals surface area contributed by atoms with Crippen molar-refractivity contribution in [3.8, 4) is 11.3 Å². The second-order valence-corrected chi connectivity index (χ2v) is 6.45. The fraction of sp³-hybridized carbons (Fsp3) is 0. The van der Waals surface area contributed by atoms with Crippen LogP contribution in [-0.2, 0) is 0 Å². The summed E-state index contributed by atoms with van der Waals surface area (Å²) in [4.78, 5) is 13.3. The average molecular weight is 320 g/mol. The third-order valence-electron chi connectivity index (χ3n) is 5.14. The van der Waals surface area contributed by atoms with E-state index in [2.05, 4.69) is 18.2 Å². The van der Waals surface area contributed by atoms with Gasteiger partial charge < -0.3 is 0 Å². The van der Waals surface area contributed by atoms with E-state index in [-0.39, 0.29) is 5.78 Å². The highest BCUT2D eigenvalue weighted by atomic mass is 16.1. The Morgan fingerprint density at radius 2 is 1.44 bits per heavy atom. The molecule has 0 saturated carbocycles. The standard InChI is InChI=1S/C22H12N2O/c25-22-16-9-4-7-14-6-3-8-15(19(14)16)21-20(22)18-12-11-13-5-1-2-10-17(13)24(18)23-21/h1-12H. The Labute approximate surface area is 143 Å². The average Bonchev–Trinajstić information content (AvgIpc) is 3.06. The van der Waals surface area contributed by atoms with E-state index >= 15 is 0 Å². The highest BCUT2D eigenvalue weighted by Crippen LogP contribution is 2.40. The maximum atomic E-state index is 13.3. The molecular weight excluding hydrogens is 308 g/mol. The van der Waals surface area contributed by atoms with Crippen LogP contribution in [0.4, 0.5) is 0 Å². The van der Waals surface area contributed by atoms with E-state index in [9.17, 15) is 4.79 Å². The lowest BCUT2D eigenvalue weighted by Crippen LogP contribution is -2.08. The van der Waals surface area contributed by atoms with Crippen LogP contribution in [0.15, 0.2) is 72.8 Å². The van der Waals surface area contributed by atoms with E-state index in [4.69, 9.17) is 5.10 Å². The van der Waals surface area contributed by atoms with Crippen LogP contribution >= 0.6 is 0 Å². The van der Waals surface area contributed by atoms with E-state index in [1.54, 1.807) is 0 Å². The molecule has 116 valence electrons. The van der Waals surface area contributed by atoms with Gasteiger partial charge in [0.1, 0.15) is 5.69 Å². The van der Waals surface area contributed by atoms with Gasteiger partial charge in [-0.05, 0) is 17.5 Å². The third-order valence-corrected chi connectivity index (χ3v) is 5.14. The van der Waals surface area contributed by atoms with Gasteiger partial charge in [0.2, 0.25) is 0 Å². The van der Waals surface area contributed by atoms with Crippen LogP contribution in [0.25, 0.3) is 38.4 Å². The molecule has 6 rings (SSSR count). The van der Waals surface area contributed by atoms with Gasteiger partial charge in [0.25, 0.3) is 0 Å². The Kier molecular flexibility index (Phi) is 2.24. The Bertz CT molecular complexity index is 1360. The zero-order valence-electron chi connectivity index (χ0n) is 13.2. The highest BCUT2D eigenvalue weighted by molar-refractivity contribution is 6.28. The molecule has 3 heteroatoms. The lowest BCUT2D eigenvalue weighted by atomic mass is 9.86. The molecule has 5 aromatic rings. The second-order valence-electron chi connectivity index (χ2n) is 6.45. The van der Waals surface area contributed by atoms with Crippen molar-refractivity contribution in [3.63, 3.8) is 0 Å². The minimum Gasteiger partial charge on any atom is -0.288 e. The molecule has 0 aliphatic heterocycles. The lowest BCUT2D eigenvalue weighted by Gasteiger charge is -2.15. The van der Waals surface area contributed by atoms with Gasteiger partial charge in [0.05, 0.1) is 16.6 Å². The number of pyridine rings is 1. The summed E-state index contributed by atoms with van der Waals surface area (Å²) in [6.07, 6.45) is 0.